The van der Waals surface area contributed by atoms with E-state index < -0.39 is 0 Å². The molecule has 0 aliphatic rings. The monoisotopic (exact) mass is 260 g/mol. The lowest BCUT2D eigenvalue weighted by Gasteiger charge is -2.01. The number of nitrogens with two attached hydrogens (primary N) is 1. The van der Waals surface area contributed by atoms with Crippen molar-refractivity contribution in [2.75, 3.05) is 5.73 Å². The molecule has 0 aromatic carbocycles. The maximum Gasteiger partial charge on any atom is 0.201 e. The maximum atomic E-state index is 6.00. The average molecular weight is 260 g/mol. The highest BCUT2D eigenvalue weighted by Crippen LogP contribution is 2.32. The summed E-state index contributed by atoms with van der Waals surface area (Å²) in [6.07, 6.45) is 1.93. The molecule has 92 valence electrons. The zero-order chi connectivity index (χ0) is 12.7. The first kappa shape index (κ1) is 11.1. The number of hydrogen-bond donors (Lipinski definition) is 1. The molecule has 0 aliphatic carbocycles. The van der Waals surface area contributed by atoms with Gasteiger partial charge in [-0.1, -0.05) is 6.07 Å². The fourth-order valence-electron chi connectivity index (χ4n) is 1.75. The highest BCUT2D eigenvalue weighted by molar-refractivity contribution is 7.99. The molecule has 3 heterocycles. The molecular weight excluding hydrogens is 248 g/mol. The summed E-state index contributed by atoms with van der Waals surface area (Å²) in [5.74, 6) is 0. The normalized spacial score (nSPS) is 11.2. The van der Waals surface area contributed by atoms with Crippen molar-refractivity contribution in [1.82, 2.24) is 24.4 Å². The van der Waals surface area contributed by atoms with Crippen LogP contribution >= 0.6 is 11.8 Å². The summed E-state index contributed by atoms with van der Waals surface area (Å²) in [7, 11) is 1.87. The molecule has 18 heavy (non-hydrogen) atoms. The number of fused-ring (bicyclic) bond motifs is 1. The number of aryl methyl sites for hydroxylation is 2. The lowest BCUT2D eigenvalue weighted by Crippen LogP contribution is -1.95. The summed E-state index contributed by atoms with van der Waals surface area (Å²) in [4.78, 5) is 0. The number of anilines is 1. The molecule has 0 spiro atoms. The van der Waals surface area contributed by atoms with Crippen LogP contribution in [0.2, 0.25) is 0 Å². The Kier molecular flexibility index (Phi) is 2.48. The summed E-state index contributed by atoms with van der Waals surface area (Å²) in [5, 5.41) is 14.2. The number of hydrogen-bond acceptors (Lipinski definition) is 5. The fourth-order valence-corrected chi connectivity index (χ4v) is 2.69. The first-order chi connectivity index (χ1) is 8.66. The molecule has 7 heteroatoms. The highest BCUT2D eigenvalue weighted by Gasteiger charge is 2.14. The van der Waals surface area contributed by atoms with Crippen molar-refractivity contribution in [2.45, 2.75) is 17.1 Å². The third kappa shape index (κ3) is 1.63. The van der Waals surface area contributed by atoms with E-state index in [-0.39, 0.29) is 0 Å². The molecule has 0 aliphatic heterocycles. The van der Waals surface area contributed by atoms with Gasteiger partial charge < -0.3 is 5.73 Å². The summed E-state index contributed by atoms with van der Waals surface area (Å²) in [6.45, 7) is 1.89. The highest BCUT2D eigenvalue weighted by atomic mass is 32.2. The van der Waals surface area contributed by atoms with Gasteiger partial charge in [-0.25, -0.2) is 0 Å². The van der Waals surface area contributed by atoms with Gasteiger partial charge in [-0.2, -0.15) is 5.10 Å². The number of rotatable bonds is 2. The SMILES string of the molecule is Cc1nn(C)c(Sc2nnc3ccccn23)c1N. The van der Waals surface area contributed by atoms with Crippen LogP contribution in [0.4, 0.5) is 5.69 Å². The van der Waals surface area contributed by atoms with Crippen molar-refractivity contribution in [1.29, 1.82) is 0 Å². The maximum absolute atomic E-state index is 6.00. The van der Waals surface area contributed by atoms with Crippen LogP contribution in [-0.4, -0.2) is 24.4 Å². The number of pyridine rings is 1. The van der Waals surface area contributed by atoms with Gasteiger partial charge in [-0.3, -0.25) is 9.08 Å². The molecule has 0 unspecified atom stereocenters. The molecule has 0 bridgehead atoms. The first-order valence-electron chi connectivity index (χ1n) is 5.43. The Morgan fingerprint density at radius 2 is 2.11 bits per heavy atom. The largest absolute Gasteiger partial charge is 0.395 e. The van der Waals surface area contributed by atoms with Gasteiger partial charge in [-0.15, -0.1) is 10.2 Å². The zero-order valence-electron chi connectivity index (χ0n) is 10.0. The van der Waals surface area contributed by atoms with E-state index in [1.165, 1.54) is 11.8 Å². The van der Waals surface area contributed by atoms with E-state index in [1.807, 2.05) is 42.8 Å². The minimum Gasteiger partial charge on any atom is -0.395 e. The van der Waals surface area contributed by atoms with E-state index in [2.05, 4.69) is 15.3 Å². The van der Waals surface area contributed by atoms with Gasteiger partial charge in [0.1, 0.15) is 5.03 Å². The van der Waals surface area contributed by atoms with Crippen LogP contribution in [0.5, 0.6) is 0 Å². The van der Waals surface area contributed by atoms with Gasteiger partial charge in [0.2, 0.25) is 5.16 Å². The molecule has 0 fully saturated rings. The van der Waals surface area contributed by atoms with Gasteiger partial charge in [0.25, 0.3) is 0 Å². The van der Waals surface area contributed by atoms with Crippen molar-refractivity contribution in [3.63, 3.8) is 0 Å². The van der Waals surface area contributed by atoms with E-state index in [0.29, 0.717) is 5.69 Å². The molecule has 3 aromatic rings. The van der Waals surface area contributed by atoms with Crippen LogP contribution in [0, 0.1) is 6.92 Å². The predicted octanol–water partition coefficient (Wildman–Crippen LogP) is 1.50. The van der Waals surface area contributed by atoms with Crippen molar-refractivity contribution in [3.05, 3.63) is 30.1 Å². The minimum absolute atomic E-state index is 0.690. The lowest BCUT2D eigenvalue weighted by atomic mass is 10.4. The summed E-state index contributed by atoms with van der Waals surface area (Å²) in [5.41, 5.74) is 8.34. The van der Waals surface area contributed by atoms with E-state index in [1.54, 1.807) is 4.68 Å². The molecule has 6 nitrogen and oxygen atoms in total. The number of aromatic nitrogens is 5. The Balaban J connectivity index is 2.07. The van der Waals surface area contributed by atoms with Crippen molar-refractivity contribution < 1.29 is 0 Å². The Morgan fingerprint density at radius 3 is 2.83 bits per heavy atom. The Labute approximate surface area is 108 Å². The van der Waals surface area contributed by atoms with E-state index in [4.69, 9.17) is 5.73 Å². The second-order valence-corrected chi connectivity index (χ2v) is 4.90. The molecule has 0 atom stereocenters. The summed E-state index contributed by atoms with van der Waals surface area (Å²) in [6, 6.07) is 5.79. The second kappa shape index (κ2) is 4.02. The van der Waals surface area contributed by atoms with E-state index in [0.717, 1.165) is 21.5 Å². The summed E-state index contributed by atoms with van der Waals surface area (Å²) >= 11 is 1.46. The molecule has 0 saturated carbocycles. The van der Waals surface area contributed by atoms with Gasteiger partial charge in [0, 0.05) is 13.2 Å². The van der Waals surface area contributed by atoms with Gasteiger partial charge >= 0.3 is 0 Å². The van der Waals surface area contributed by atoms with Gasteiger partial charge in [0.15, 0.2) is 5.65 Å². The Morgan fingerprint density at radius 1 is 1.28 bits per heavy atom. The van der Waals surface area contributed by atoms with Crippen molar-refractivity contribution in [3.8, 4) is 0 Å². The Bertz CT molecular complexity index is 713. The standard InChI is InChI=1S/C11H12N6S/c1-7-9(12)10(16(2)15-7)18-11-14-13-8-5-3-4-6-17(8)11/h3-6H,12H2,1-2H3. The first-order valence-corrected chi connectivity index (χ1v) is 6.25. The smallest absolute Gasteiger partial charge is 0.201 e. The lowest BCUT2D eigenvalue weighted by molar-refractivity contribution is 0.691. The number of nitrogen functional groups attached to an aromatic ring is 1. The third-order valence-corrected chi connectivity index (χ3v) is 3.82. The molecule has 0 saturated heterocycles. The molecule has 3 rings (SSSR count). The van der Waals surface area contributed by atoms with Crippen LogP contribution in [0.25, 0.3) is 5.65 Å². The van der Waals surface area contributed by atoms with Crippen LogP contribution in [-0.2, 0) is 7.05 Å². The Hall–Kier alpha value is -2.02. The summed E-state index contributed by atoms with van der Waals surface area (Å²) < 4.78 is 3.69. The fraction of sp³-hybridized carbons (Fsp3) is 0.182. The molecule has 3 aromatic heterocycles. The second-order valence-electron chi connectivity index (χ2n) is 3.94. The predicted molar refractivity (Wildman–Crippen MR) is 69.5 cm³/mol. The van der Waals surface area contributed by atoms with Crippen molar-refractivity contribution >= 4 is 23.1 Å². The van der Waals surface area contributed by atoms with Gasteiger partial charge in [-0.05, 0) is 30.8 Å². The van der Waals surface area contributed by atoms with Crippen LogP contribution < -0.4 is 5.73 Å². The molecule has 0 amide bonds. The average Bonchev–Trinajstić information content (AvgIpc) is 2.87. The zero-order valence-corrected chi connectivity index (χ0v) is 10.8. The van der Waals surface area contributed by atoms with Crippen LogP contribution in [0.1, 0.15) is 5.69 Å². The third-order valence-electron chi connectivity index (χ3n) is 2.68. The molecule has 2 N–H and O–H groups in total. The van der Waals surface area contributed by atoms with E-state index >= 15 is 0 Å². The molecule has 0 radical (unpaired) electrons. The quantitative estimate of drug-likeness (QED) is 0.756. The minimum atomic E-state index is 0.690. The van der Waals surface area contributed by atoms with Crippen LogP contribution in [0.3, 0.4) is 0 Å². The topological polar surface area (TPSA) is 74.0 Å². The van der Waals surface area contributed by atoms with Gasteiger partial charge in [0.05, 0.1) is 11.4 Å². The van der Waals surface area contributed by atoms with Crippen LogP contribution in [0.15, 0.2) is 34.6 Å². The van der Waals surface area contributed by atoms with E-state index in [9.17, 15) is 0 Å². The number of nitrogens with zero attached hydrogens (tertiary/aromatic N) is 5. The van der Waals surface area contributed by atoms with Crippen molar-refractivity contribution in [2.24, 2.45) is 7.05 Å². The molecular formula is C11H12N6S.